The van der Waals surface area contributed by atoms with Crippen LogP contribution >= 0.6 is 11.8 Å². The summed E-state index contributed by atoms with van der Waals surface area (Å²) in [5.41, 5.74) is 4.87. The molecule has 1 amide bonds. The zero-order valence-corrected chi connectivity index (χ0v) is 21.1. The molecule has 0 spiro atoms. The predicted octanol–water partition coefficient (Wildman–Crippen LogP) is 4.07. The summed E-state index contributed by atoms with van der Waals surface area (Å²) in [5, 5.41) is 26.8. The SMILES string of the molecule is CC(C)(C)c1cc(SCC(=O)N/N=C/c2c[nH]c3c(C(=O)[O-])cccc23)cc(C(C)(C)C)c1O. The van der Waals surface area contributed by atoms with Gasteiger partial charge >= 0.3 is 0 Å². The van der Waals surface area contributed by atoms with Gasteiger partial charge in [-0.25, -0.2) is 5.43 Å². The molecule has 0 atom stereocenters. The number of phenolic OH excluding ortho intramolecular Hbond substituents is 1. The second-order valence-corrected chi connectivity index (χ2v) is 11.3. The number of carboxylic acids is 1. The number of hydrazone groups is 1. The molecule has 180 valence electrons. The van der Waals surface area contributed by atoms with Crippen LogP contribution in [0.2, 0.25) is 0 Å². The molecule has 0 radical (unpaired) electrons. The number of phenols is 1. The predicted molar refractivity (Wildman–Crippen MR) is 135 cm³/mol. The summed E-state index contributed by atoms with van der Waals surface area (Å²) in [7, 11) is 0. The van der Waals surface area contributed by atoms with E-state index in [0.717, 1.165) is 16.0 Å². The summed E-state index contributed by atoms with van der Waals surface area (Å²) < 4.78 is 0. The number of H-pyrrole nitrogens is 1. The van der Waals surface area contributed by atoms with Crippen molar-refractivity contribution in [1.29, 1.82) is 0 Å². The first-order valence-electron chi connectivity index (χ1n) is 10.9. The number of hydrogen-bond donors (Lipinski definition) is 3. The first-order valence-corrected chi connectivity index (χ1v) is 11.9. The molecule has 34 heavy (non-hydrogen) atoms. The van der Waals surface area contributed by atoms with Gasteiger partial charge in [-0.1, -0.05) is 59.7 Å². The van der Waals surface area contributed by atoms with E-state index >= 15 is 0 Å². The molecule has 0 aliphatic heterocycles. The lowest BCUT2D eigenvalue weighted by molar-refractivity contribution is -0.254. The van der Waals surface area contributed by atoms with Crippen molar-refractivity contribution in [3.05, 3.63) is 58.8 Å². The van der Waals surface area contributed by atoms with Gasteiger partial charge in [-0.3, -0.25) is 4.79 Å². The van der Waals surface area contributed by atoms with E-state index < -0.39 is 5.97 Å². The maximum absolute atomic E-state index is 12.4. The summed E-state index contributed by atoms with van der Waals surface area (Å²) >= 11 is 1.38. The second-order valence-electron chi connectivity index (χ2n) is 10.2. The summed E-state index contributed by atoms with van der Waals surface area (Å²) in [5.74, 6) is -1.09. The molecule has 0 saturated carbocycles. The van der Waals surface area contributed by atoms with E-state index in [0.29, 0.717) is 22.2 Å². The second kappa shape index (κ2) is 9.54. The molecule has 3 rings (SSSR count). The van der Waals surface area contributed by atoms with Gasteiger partial charge in [0.2, 0.25) is 5.91 Å². The Morgan fingerprint density at radius 1 is 1.12 bits per heavy atom. The van der Waals surface area contributed by atoms with Crippen molar-refractivity contribution in [2.45, 2.75) is 57.3 Å². The first-order chi connectivity index (χ1) is 15.8. The minimum atomic E-state index is -1.26. The van der Waals surface area contributed by atoms with Crippen molar-refractivity contribution in [3.8, 4) is 5.75 Å². The van der Waals surface area contributed by atoms with Gasteiger partial charge in [0.15, 0.2) is 0 Å². The number of amides is 1. The summed E-state index contributed by atoms with van der Waals surface area (Å²) in [6, 6.07) is 8.73. The van der Waals surface area contributed by atoms with Crippen LogP contribution in [0.1, 0.15) is 68.6 Å². The van der Waals surface area contributed by atoms with Crippen molar-refractivity contribution in [3.63, 3.8) is 0 Å². The number of aromatic hydroxyl groups is 1. The number of carbonyl (C=O) groups is 2. The summed E-state index contributed by atoms with van der Waals surface area (Å²) in [6.07, 6.45) is 3.09. The van der Waals surface area contributed by atoms with Gasteiger partial charge in [-0.15, -0.1) is 11.8 Å². The minimum Gasteiger partial charge on any atom is -0.545 e. The average molecular weight is 481 g/mol. The van der Waals surface area contributed by atoms with Crippen LogP contribution in [0, 0.1) is 0 Å². The number of aromatic nitrogens is 1. The van der Waals surface area contributed by atoms with Crippen LogP contribution in [-0.4, -0.2) is 33.9 Å². The van der Waals surface area contributed by atoms with E-state index in [-0.39, 0.29) is 28.1 Å². The molecule has 0 bridgehead atoms. The zero-order chi connectivity index (χ0) is 25.3. The summed E-state index contributed by atoms with van der Waals surface area (Å²) in [6.45, 7) is 12.3. The highest BCUT2D eigenvalue weighted by molar-refractivity contribution is 8.00. The molecule has 7 nitrogen and oxygen atoms in total. The van der Waals surface area contributed by atoms with E-state index in [1.165, 1.54) is 24.0 Å². The van der Waals surface area contributed by atoms with Crippen molar-refractivity contribution in [2.24, 2.45) is 5.10 Å². The highest BCUT2D eigenvalue weighted by atomic mass is 32.2. The Hall–Kier alpha value is -3.26. The van der Waals surface area contributed by atoms with Crippen molar-refractivity contribution < 1.29 is 19.8 Å². The normalized spacial score (nSPS) is 12.4. The van der Waals surface area contributed by atoms with E-state index in [9.17, 15) is 19.8 Å². The molecule has 0 unspecified atom stereocenters. The highest BCUT2D eigenvalue weighted by Gasteiger charge is 2.26. The van der Waals surface area contributed by atoms with Crippen LogP contribution in [0.4, 0.5) is 0 Å². The Bertz CT molecular complexity index is 1230. The zero-order valence-electron chi connectivity index (χ0n) is 20.3. The monoisotopic (exact) mass is 480 g/mol. The molecule has 1 heterocycles. The van der Waals surface area contributed by atoms with E-state index in [2.05, 4.69) is 15.5 Å². The topological polar surface area (TPSA) is 118 Å². The third-order valence-electron chi connectivity index (χ3n) is 5.43. The summed E-state index contributed by atoms with van der Waals surface area (Å²) in [4.78, 5) is 27.5. The van der Waals surface area contributed by atoms with Crippen molar-refractivity contribution in [1.82, 2.24) is 10.4 Å². The van der Waals surface area contributed by atoms with Crippen LogP contribution in [-0.2, 0) is 15.6 Å². The molecule has 2 aromatic carbocycles. The molecular weight excluding hydrogens is 450 g/mol. The van der Waals surface area contributed by atoms with E-state index in [4.69, 9.17) is 0 Å². The fourth-order valence-corrected chi connectivity index (χ4v) is 4.41. The lowest BCUT2D eigenvalue weighted by Crippen LogP contribution is -2.22. The number of aromatic amines is 1. The number of para-hydroxylation sites is 1. The van der Waals surface area contributed by atoms with Gasteiger partial charge in [0.1, 0.15) is 5.75 Å². The number of carboxylic acid groups (broad SMARTS) is 1. The molecule has 3 aromatic rings. The van der Waals surface area contributed by atoms with Gasteiger partial charge < -0.3 is 20.0 Å². The quantitative estimate of drug-likeness (QED) is 0.279. The Morgan fingerprint density at radius 3 is 2.29 bits per heavy atom. The number of aromatic carboxylic acids is 1. The number of thioether (sulfide) groups is 1. The Kier molecular flexibility index (Phi) is 7.12. The number of nitrogens with zero attached hydrogens (tertiary/aromatic N) is 1. The maximum Gasteiger partial charge on any atom is 0.250 e. The number of hydrogen-bond acceptors (Lipinski definition) is 6. The molecule has 0 aliphatic rings. The number of benzene rings is 2. The number of carbonyl (C=O) groups excluding carboxylic acids is 2. The molecule has 1 aromatic heterocycles. The number of fused-ring (bicyclic) bond motifs is 1. The molecule has 3 N–H and O–H groups in total. The molecule has 0 fully saturated rings. The molecule has 8 heteroatoms. The lowest BCUT2D eigenvalue weighted by atomic mass is 9.79. The van der Waals surface area contributed by atoms with Crippen LogP contribution in [0.25, 0.3) is 10.9 Å². The molecule has 0 aliphatic carbocycles. The van der Waals surface area contributed by atoms with Crippen LogP contribution < -0.4 is 10.5 Å². The Labute approximate surface area is 203 Å². The van der Waals surface area contributed by atoms with Crippen LogP contribution in [0.3, 0.4) is 0 Å². The van der Waals surface area contributed by atoms with Gasteiger partial charge in [0.05, 0.1) is 23.5 Å². The van der Waals surface area contributed by atoms with E-state index in [1.807, 2.05) is 53.7 Å². The Balaban J connectivity index is 1.71. The standard InChI is InChI=1S/C26H31N3O4S/c1-25(2,3)19-10-16(11-20(23(19)31)26(4,5)6)34-14-21(30)29-28-13-15-12-27-22-17(15)8-7-9-18(22)24(32)33/h7-13,27,31H,14H2,1-6H3,(H,29,30)(H,32,33)/p-1/b28-13+. The average Bonchev–Trinajstić information content (AvgIpc) is 3.14. The van der Waals surface area contributed by atoms with Gasteiger partial charge in [-0.05, 0) is 23.0 Å². The van der Waals surface area contributed by atoms with Gasteiger partial charge in [-0.2, -0.15) is 5.10 Å². The minimum absolute atomic E-state index is 0.0655. The Morgan fingerprint density at radius 2 is 1.74 bits per heavy atom. The molecular formula is C26H30N3O4S-. The van der Waals surface area contributed by atoms with Crippen molar-refractivity contribution in [2.75, 3.05) is 5.75 Å². The largest absolute Gasteiger partial charge is 0.545 e. The number of rotatable bonds is 6. The fourth-order valence-electron chi connectivity index (χ4n) is 3.64. The van der Waals surface area contributed by atoms with Gasteiger partial charge in [0, 0.05) is 38.7 Å². The third-order valence-corrected chi connectivity index (χ3v) is 6.41. The highest BCUT2D eigenvalue weighted by Crippen LogP contribution is 2.41. The molecule has 0 saturated heterocycles. The van der Waals surface area contributed by atoms with Crippen LogP contribution in [0.5, 0.6) is 5.75 Å². The smallest absolute Gasteiger partial charge is 0.250 e. The lowest BCUT2D eigenvalue weighted by Gasteiger charge is -2.28. The van der Waals surface area contributed by atoms with Gasteiger partial charge in [0.25, 0.3) is 0 Å². The maximum atomic E-state index is 12.4. The number of nitrogens with one attached hydrogen (secondary N) is 2. The third kappa shape index (κ3) is 5.62. The first kappa shape index (κ1) is 25.4. The van der Waals surface area contributed by atoms with Crippen molar-refractivity contribution >= 4 is 40.8 Å². The van der Waals surface area contributed by atoms with Crippen LogP contribution in [0.15, 0.2) is 46.5 Å². The van der Waals surface area contributed by atoms with E-state index in [1.54, 1.807) is 18.3 Å². The fraction of sp³-hybridized carbons (Fsp3) is 0.346.